The second-order valence-electron chi connectivity index (χ2n) is 5.78. The Morgan fingerprint density at radius 1 is 0.957 bits per heavy atom. The van der Waals surface area contributed by atoms with Crippen LogP contribution in [-0.2, 0) is 6.54 Å². The van der Waals surface area contributed by atoms with Crippen LogP contribution in [0.5, 0.6) is 5.75 Å². The maximum atomic E-state index is 5.97. The summed E-state index contributed by atoms with van der Waals surface area (Å²) in [6.07, 6.45) is 0. The highest BCUT2D eigenvalue weighted by molar-refractivity contribution is 6.30. The van der Waals surface area contributed by atoms with Gasteiger partial charge < -0.3 is 9.64 Å². The van der Waals surface area contributed by atoms with Gasteiger partial charge in [0.2, 0.25) is 0 Å². The molecule has 0 N–H and O–H groups in total. The molecule has 4 heteroatoms. The van der Waals surface area contributed by atoms with Crippen molar-refractivity contribution < 1.29 is 4.74 Å². The monoisotopic (exact) mass is 330 g/mol. The van der Waals surface area contributed by atoms with E-state index < -0.39 is 0 Å². The summed E-state index contributed by atoms with van der Waals surface area (Å²) in [5.41, 5.74) is 2.53. The second-order valence-corrected chi connectivity index (χ2v) is 6.22. The molecule has 0 radical (unpaired) electrons. The summed E-state index contributed by atoms with van der Waals surface area (Å²) in [6.45, 7) is 7.89. The molecular weight excluding hydrogens is 308 g/mol. The molecule has 23 heavy (non-hydrogen) atoms. The summed E-state index contributed by atoms with van der Waals surface area (Å²) in [4.78, 5) is 4.91. The van der Waals surface area contributed by atoms with Gasteiger partial charge in [-0.15, -0.1) is 0 Å². The lowest BCUT2D eigenvalue weighted by Crippen LogP contribution is -2.46. The Hall–Kier alpha value is -1.71. The first-order valence-electron chi connectivity index (χ1n) is 8.20. The second kappa shape index (κ2) is 7.71. The van der Waals surface area contributed by atoms with Crippen molar-refractivity contribution in [2.75, 3.05) is 37.7 Å². The van der Waals surface area contributed by atoms with E-state index in [9.17, 15) is 0 Å². The number of hydrogen-bond acceptors (Lipinski definition) is 3. The zero-order valence-corrected chi connectivity index (χ0v) is 14.3. The highest BCUT2D eigenvalue weighted by Gasteiger charge is 2.18. The van der Waals surface area contributed by atoms with E-state index in [1.54, 1.807) is 0 Å². The summed E-state index contributed by atoms with van der Waals surface area (Å²) < 4.78 is 5.73. The van der Waals surface area contributed by atoms with Gasteiger partial charge in [-0.3, -0.25) is 4.90 Å². The average Bonchev–Trinajstić information content (AvgIpc) is 2.58. The number of benzene rings is 2. The number of anilines is 1. The summed E-state index contributed by atoms with van der Waals surface area (Å²) in [7, 11) is 0. The molecular formula is C19H23ClN2O. The van der Waals surface area contributed by atoms with Crippen LogP contribution in [0.2, 0.25) is 5.02 Å². The van der Waals surface area contributed by atoms with Gasteiger partial charge in [0.05, 0.1) is 6.61 Å². The van der Waals surface area contributed by atoms with E-state index in [1.807, 2.05) is 25.1 Å². The van der Waals surface area contributed by atoms with Crippen molar-refractivity contribution >= 4 is 17.3 Å². The normalized spacial score (nSPS) is 15.7. The van der Waals surface area contributed by atoms with Gasteiger partial charge in [0.1, 0.15) is 5.75 Å². The van der Waals surface area contributed by atoms with Crippen LogP contribution in [0.3, 0.4) is 0 Å². The molecule has 2 aromatic rings. The molecule has 1 fully saturated rings. The van der Waals surface area contributed by atoms with Crippen LogP contribution in [0.4, 0.5) is 5.69 Å². The van der Waals surface area contributed by atoms with Gasteiger partial charge in [-0.25, -0.2) is 0 Å². The van der Waals surface area contributed by atoms with Gasteiger partial charge in [-0.1, -0.05) is 29.8 Å². The SMILES string of the molecule is CCOc1ccccc1CN1CCN(c2ccc(Cl)cc2)CC1. The molecule has 3 nitrogen and oxygen atoms in total. The largest absolute Gasteiger partial charge is 0.494 e. The Kier molecular flexibility index (Phi) is 5.42. The van der Waals surface area contributed by atoms with Gasteiger partial charge in [-0.05, 0) is 37.3 Å². The van der Waals surface area contributed by atoms with Gasteiger partial charge in [0.15, 0.2) is 0 Å². The first kappa shape index (κ1) is 16.2. The molecule has 0 saturated carbocycles. The molecule has 0 aromatic heterocycles. The Labute approximate surface area is 143 Å². The lowest BCUT2D eigenvalue weighted by molar-refractivity contribution is 0.243. The molecule has 1 aliphatic rings. The van der Waals surface area contributed by atoms with Crippen molar-refractivity contribution in [2.45, 2.75) is 13.5 Å². The number of ether oxygens (including phenoxy) is 1. The van der Waals surface area contributed by atoms with Gasteiger partial charge in [0, 0.05) is 49.0 Å². The Bertz CT molecular complexity index is 622. The lowest BCUT2D eigenvalue weighted by Gasteiger charge is -2.36. The summed E-state index contributed by atoms with van der Waals surface area (Å²) >= 11 is 5.97. The fourth-order valence-electron chi connectivity index (χ4n) is 2.99. The van der Waals surface area contributed by atoms with Crippen molar-refractivity contribution in [3.8, 4) is 5.75 Å². The first-order valence-corrected chi connectivity index (χ1v) is 8.57. The number of halogens is 1. The van der Waals surface area contributed by atoms with E-state index in [0.717, 1.165) is 43.5 Å². The molecule has 1 saturated heterocycles. The number of rotatable bonds is 5. The van der Waals surface area contributed by atoms with E-state index in [0.29, 0.717) is 6.61 Å². The van der Waals surface area contributed by atoms with Crippen LogP contribution in [-0.4, -0.2) is 37.7 Å². The standard InChI is InChI=1S/C19H23ClN2O/c1-2-23-19-6-4-3-5-16(19)15-21-11-13-22(14-12-21)18-9-7-17(20)8-10-18/h3-10H,2,11-15H2,1H3. The van der Waals surface area contributed by atoms with E-state index in [4.69, 9.17) is 16.3 Å². The molecule has 0 spiro atoms. The van der Waals surface area contributed by atoms with Crippen LogP contribution in [0.1, 0.15) is 12.5 Å². The zero-order valence-electron chi connectivity index (χ0n) is 13.5. The quantitative estimate of drug-likeness (QED) is 0.822. The molecule has 1 aliphatic heterocycles. The summed E-state index contributed by atoms with van der Waals surface area (Å²) in [5, 5.41) is 0.792. The third-order valence-electron chi connectivity index (χ3n) is 4.23. The predicted molar refractivity (Wildman–Crippen MR) is 96.6 cm³/mol. The summed E-state index contributed by atoms with van der Waals surface area (Å²) in [5.74, 6) is 1.01. The molecule has 3 rings (SSSR count). The Morgan fingerprint density at radius 3 is 2.35 bits per heavy atom. The van der Waals surface area contributed by atoms with Gasteiger partial charge in [0.25, 0.3) is 0 Å². The van der Waals surface area contributed by atoms with Crippen LogP contribution in [0.15, 0.2) is 48.5 Å². The van der Waals surface area contributed by atoms with Crippen molar-refractivity contribution in [1.82, 2.24) is 4.90 Å². The van der Waals surface area contributed by atoms with E-state index in [1.165, 1.54) is 11.3 Å². The molecule has 0 bridgehead atoms. The predicted octanol–water partition coefficient (Wildman–Crippen LogP) is 4.06. The molecule has 0 atom stereocenters. The number of hydrogen-bond donors (Lipinski definition) is 0. The Balaban J connectivity index is 1.58. The lowest BCUT2D eigenvalue weighted by atomic mass is 10.1. The van der Waals surface area contributed by atoms with Crippen LogP contribution in [0.25, 0.3) is 0 Å². The fraction of sp³-hybridized carbons (Fsp3) is 0.368. The van der Waals surface area contributed by atoms with Gasteiger partial charge >= 0.3 is 0 Å². The molecule has 122 valence electrons. The number of nitrogens with zero attached hydrogens (tertiary/aromatic N) is 2. The van der Waals surface area contributed by atoms with Crippen LogP contribution in [0, 0.1) is 0 Å². The first-order chi connectivity index (χ1) is 11.3. The van der Waals surface area contributed by atoms with Crippen molar-refractivity contribution in [1.29, 1.82) is 0 Å². The minimum Gasteiger partial charge on any atom is -0.494 e. The van der Waals surface area contributed by atoms with Crippen LogP contribution < -0.4 is 9.64 Å². The smallest absolute Gasteiger partial charge is 0.123 e. The van der Waals surface area contributed by atoms with Gasteiger partial charge in [-0.2, -0.15) is 0 Å². The maximum Gasteiger partial charge on any atom is 0.123 e. The highest BCUT2D eigenvalue weighted by Crippen LogP contribution is 2.23. The topological polar surface area (TPSA) is 15.7 Å². The molecule has 0 unspecified atom stereocenters. The third kappa shape index (κ3) is 4.18. The van der Waals surface area contributed by atoms with Crippen molar-refractivity contribution in [3.05, 3.63) is 59.1 Å². The van der Waals surface area contributed by atoms with Crippen molar-refractivity contribution in [2.24, 2.45) is 0 Å². The van der Waals surface area contributed by atoms with Crippen LogP contribution >= 0.6 is 11.6 Å². The number of piperazine rings is 1. The minimum absolute atomic E-state index is 0.710. The molecule has 0 amide bonds. The number of para-hydroxylation sites is 1. The van der Waals surface area contributed by atoms with E-state index in [-0.39, 0.29) is 0 Å². The highest BCUT2D eigenvalue weighted by atomic mass is 35.5. The maximum absolute atomic E-state index is 5.97. The minimum atomic E-state index is 0.710. The molecule has 1 heterocycles. The molecule has 2 aromatic carbocycles. The Morgan fingerprint density at radius 2 is 1.65 bits per heavy atom. The third-order valence-corrected chi connectivity index (χ3v) is 4.48. The van der Waals surface area contributed by atoms with E-state index in [2.05, 4.69) is 40.1 Å². The van der Waals surface area contributed by atoms with Crippen molar-refractivity contribution in [3.63, 3.8) is 0 Å². The fourth-order valence-corrected chi connectivity index (χ4v) is 3.11. The molecule has 0 aliphatic carbocycles. The van der Waals surface area contributed by atoms with E-state index >= 15 is 0 Å². The zero-order chi connectivity index (χ0) is 16.1. The summed E-state index contributed by atoms with van der Waals surface area (Å²) in [6, 6.07) is 16.5. The average molecular weight is 331 g/mol.